The second-order valence-electron chi connectivity index (χ2n) is 6.65. The minimum Gasteiger partial charge on any atom is -0.309 e. The van der Waals surface area contributed by atoms with Crippen LogP contribution in [0.3, 0.4) is 0 Å². The Kier molecular flexibility index (Phi) is 5.31. The van der Waals surface area contributed by atoms with E-state index in [2.05, 4.69) is 49.3 Å². The Morgan fingerprint density at radius 1 is 1.04 bits per heavy atom. The summed E-state index contributed by atoms with van der Waals surface area (Å²) in [6.45, 7) is 1.10. The Balaban J connectivity index is 2.04. The number of benzene rings is 2. The van der Waals surface area contributed by atoms with Crippen molar-refractivity contribution >= 4 is 23.2 Å². The predicted octanol–water partition coefficient (Wildman–Crippen LogP) is 5.57. The highest BCUT2D eigenvalue weighted by molar-refractivity contribution is 6.35. The van der Waals surface area contributed by atoms with Crippen molar-refractivity contribution in [2.75, 3.05) is 20.6 Å². The van der Waals surface area contributed by atoms with E-state index >= 15 is 0 Å². The number of hydrogen-bond acceptors (Lipinski definition) is 1. The summed E-state index contributed by atoms with van der Waals surface area (Å²) < 4.78 is 0. The van der Waals surface area contributed by atoms with Crippen molar-refractivity contribution in [2.24, 2.45) is 0 Å². The molecule has 0 saturated heterocycles. The third-order valence-corrected chi connectivity index (χ3v) is 5.30. The van der Waals surface area contributed by atoms with Crippen LogP contribution in [0.4, 0.5) is 0 Å². The lowest BCUT2D eigenvalue weighted by Gasteiger charge is -2.22. The Labute approximate surface area is 149 Å². The van der Waals surface area contributed by atoms with E-state index < -0.39 is 0 Å². The number of fused-ring (bicyclic) bond motifs is 2. The lowest BCUT2D eigenvalue weighted by molar-refractivity contribution is 0.389. The number of nitrogens with zero attached hydrogens (tertiary/aromatic N) is 1. The van der Waals surface area contributed by atoms with Gasteiger partial charge in [0.15, 0.2) is 0 Å². The van der Waals surface area contributed by atoms with Gasteiger partial charge in [-0.2, -0.15) is 0 Å². The smallest absolute Gasteiger partial charge is 0.0455 e. The van der Waals surface area contributed by atoms with Gasteiger partial charge in [0.05, 0.1) is 0 Å². The van der Waals surface area contributed by atoms with Crippen LogP contribution in [-0.2, 0) is 12.8 Å². The van der Waals surface area contributed by atoms with Crippen LogP contribution in [0.1, 0.15) is 41.0 Å². The SMILES string of the molecule is CN(C)CCCC1c2ccccc2CCc2c(Cl)cc(Cl)cc21. The van der Waals surface area contributed by atoms with Gasteiger partial charge in [-0.15, -0.1) is 0 Å². The zero-order valence-corrected chi connectivity index (χ0v) is 15.3. The maximum absolute atomic E-state index is 6.52. The standard InChI is InChI=1S/C20H23Cl2N/c1-23(2)11-5-8-17-16-7-4-3-6-14(16)9-10-18-19(17)12-15(21)13-20(18)22/h3-4,6-7,12-13,17H,5,8-11H2,1-2H3. The Bertz CT molecular complexity index is 694. The summed E-state index contributed by atoms with van der Waals surface area (Å²) in [5, 5.41) is 1.56. The van der Waals surface area contributed by atoms with Crippen LogP contribution < -0.4 is 0 Å². The zero-order chi connectivity index (χ0) is 16.4. The van der Waals surface area contributed by atoms with Crippen molar-refractivity contribution in [3.63, 3.8) is 0 Å². The van der Waals surface area contributed by atoms with Crippen molar-refractivity contribution in [3.8, 4) is 0 Å². The molecule has 0 heterocycles. The quantitative estimate of drug-likeness (QED) is 0.699. The van der Waals surface area contributed by atoms with Crippen LogP contribution in [0, 0.1) is 0 Å². The number of rotatable bonds is 4. The summed E-state index contributed by atoms with van der Waals surface area (Å²) >= 11 is 12.8. The summed E-state index contributed by atoms with van der Waals surface area (Å²) in [5.74, 6) is 0.389. The molecule has 3 rings (SSSR count). The lowest BCUT2D eigenvalue weighted by Crippen LogP contribution is -2.14. The molecule has 122 valence electrons. The van der Waals surface area contributed by atoms with Gasteiger partial charge in [0.2, 0.25) is 0 Å². The molecule has 1 nitrogen and oxygen atoms in total. The summed E-state index contributed by atoms with van der Waals surface area (Å²) in [6.07, 6.45) is 4.33. The van der Waals surface area contributed by atoms with Gasteiger partial charge in [0.25, 0.3) is 0 Å². The second-order valence-corrected chi connectivity index (χ2v) is 7.50. The van der Waals surface area contributed by atoms with E-state index in [4.69, 9.17) is 23.2 Å². The largest absolute Gasteiger partial charge is 0.309 e. The molecule has 23 heavy (non-hydrogen) atoms. The van der Waals surface area contributed by atoms with E-state index in [1.807, 2.05) is 6.07 Å². The highest BCUT2D eigenvalue weighted by Gasteiger charge is 2.25. The molecular weight excluding hydrogens is 325 g/mol. The van der Waals surface area contributed by atoms with Gasteiger partial charge in [-0.05, 0) is 80.7 Å². The van der Waals surface area contributed by atoms with Crippen LogP contribution in [0.25, 0.3) is 0 Å². The van der Waals surface area contributed by atoms with Crippen LogP contribution >= 0.6 is 23.2 Å². The van der Waals surface area contributed by atoms with Crippen molar-refractivity contribution in [3.05, 3.63) is 68.7 Å². The highest BCUT2D eigenvalue weighted by atomic mass is 35.5. The van der Waals surface area contributed by atoms with Gasteiger partial charge in [-0.3, -0.25) is 0 Å². The van der Waals surface area contributed by atoms with E-state index in [-0.39, 0.29) is 0 Å². The topological polar surface area (TPSA) is 3.24 Å². The Hall–Kier alpha value is -1.02. The fourth-order valence-corrected chi connectivity index (χ4v) is 4.25. The molecule has 0 amide bonds. The van der Waals surface area contributed by atoms with Crippen LogP contribution in [0.15, 0.2) is 36.4 Å². The molecule has 2 aromatic rings. The first kappa shape index (κ1) is 16.8. The van der Waals surface area contributed by atoms with Gasteiger partial charge >= 0.3 is 0 Å². The lowest BCUT2D eigenvalue weighted by atomic mass is 9.84. The molecule has 0 aromatic heterocycles. The first-order valence-corrected chi connectivity index (χ1v) is 9.02. The van der Waals surface area contributed by atoms with E-state index in [0.29, 0.717) is 5.92 Å². The normalized spacial score (nSPS) is 16.8. The summed E-state index contributed by atoms with van der Waals surface area (Å²) in [6, 6.07) is 12.8. The first-order valence-electron chi connectivity index (χ1n) is 8.26. The molecule has 1 atom stereocenters. The number of halogens is 2. The zero-order valence-electron chi connectivity index (χ0n) is 13.8. The van der Waals surface area contributed by atoms with E-state index in [0.717, 1.165) is 42.3 Å². The highest BCUT2D eigenvalue weighted by Crippen LogP contribution is 2.41. The first-order chi connectivity index (χ1) is 11.1. The Morgan fingerprint density at radius 3 is 2.61 bits per heavy atom. The van der Waals surface area contributed by atoms with Gasteiger partial charge in [0, 0.05) is 16.0 Å². The van der Waals surface area contributed by atoms with E-state index in [9.17, 15) is 0 Å². The minimum atomic E-state index is 0.389. The molecule has 1 unspecified atom stereocenters. The number of aryl methyl sites for hydroxylation is 1. The molecule has 0 spiro atoms. The van der Waals surface area contributed by atoms with Gasteiger partial charge in [-0.1, -0.05) is 47.5 Å². The van der Waals surface area contributed by atoms with Crippen LogP contribution in [-0.4, -0.2) is 25.5 Å². The fraction of sp³-hybridized carbons (Fsp3) is 0.400. The third-order valence-electron chi connectivity index (χ3n) is 4.74. The molecule has 0 N–H and O–H groups in total. The van der Waals surface area contributed by atoms with Gasteiger partial charge < -0.3 is 4.90 Å². The average Bonchev–Trinajstić information content (AvgIpc) is 2.65. The molecule has 1 aliphatic carbocycles. The fourth-order valence-electron chi connectivity index (χ4n) is 3.65. The summed E-state index contributed by atoms with van der Waals surface area (Å²) in [4.78, 5) is 2.24. The Morgan fingerprint density at radius 2 is 1.83 bits per heavy atom. The van der Waals surface area contributed by atoms with Crippen molar-refractivity contribution < 1.29 is 0 Å². The van der Waals surface area contributed by atoms with E-state index in [1.54, 1.807) is 0 Å². The van der Waals surface area contributed by atoms with Crippen molar-refractivity contribution in [1.29, 1.82) is 0 Å². The molecule has 0 aliphatic heterocycles. The maximum atomic E-state index is 6.52. The molecule has 0 fully saturated rings. The van der Waals surface area contributed by atoms with Crippen molar-refractivity contribution in [1.82, 2.24) is 4.90 Å². The molecule has 3 heteroatoms. The molecule has 0 bridgehead atoms. The van der Waals surface area contributed by atoms with Crippen LogP contribution in [0.5, 0.6) is 0 Å². The minimum absolute atomic E-state index is 0.389. The monoisotopic (exact) mass is 347 g/mol. The van der Waals surface area contributed by atoms with E-state index in [1.165, 1.54) is 22.3 Å². The summed E-state index contributed by atoms with van der Waals surface area (Å²) in [7, 11) is 4.26. The third kappa shape index (κ3) is 3.74. The van der Waals surface area contributed by atoms with Gasteiger partial charge in [-0.25, -0.2) is 0 Å². The molecule has 2 aromatic carbocycles. The van der Waals surface area contributed by atoms with Crippen molar-refractivity contribution in [2.45, 2.75) is 31.6 Å². The maximum Gasteiger partial charge on any atom is 0.0455 e. The molecule has 1 aliphatic rings. The molecular formula is C20H23Cl2N. The molecule has 0 radical (unpaired) electrons. The van der Waals surface area contributed by atoms with Gasteiger partial charge in [0.1, 0.15) is 0 Å². The average molecular weight is 348 g/mol. The molecule has 0 saturated carbocycles. The second kappa shape index (κ2) is 7.25. The predicted molar refractivity (Wildman–Crippen MR) is 99.9 cm³/mol. The number of hydrogen-bond donors (Lipinski definition) is 0. The van der Waals surface area contributed by atoms with Crippen LogP contribution in [0.2, 0.25) is 10.0 Å². The summed E-state index contributed by atoms with van der Waals surface area (Å²) in [5.41, 5.74) is 5.50.